The second-order valence-electron chi connectivity index (χ2n) is 3.23. The second-order valence-corrected chi connectivity index (χ2v) is 6.34. The molecule has 0 fully saturated rings. The topological polar surface area (TPSA) is 89.7 Å². The number of methoxy groups -OCH3 is 1. The molecule has 0 aliphatic carbocycles. The van der Waals surface area contributed by atoms with Gasteiger partial charge in [0.25, 0.3) is 10.0 Å². The summed E-state index contributed by atoms with van der Waals surface area (Å²) in [5.74, 6) is -0.693. The molecular formula is C9H14N2O4S2. The SMILES string of the molecule is COCCN(CC(N)=O)S(=O)(=O)c1cccs1. The van der Waals surface area contributed by atoms with E-state index in [9.17, 15) is 13.2 Å². The van der Waals surface area contributed by atoms with Crippen molar-refractivity contribution in [1.82, 2.24) is 4.31 Å². The molecule has 0 bridgehead atoms. The average Bonchev–Trinajstić information content (AvgIpc) is 2.77. The number of hydrogen-bond donors (Lipinski definition) is 1. The van der Waals surface area contributed by atoms with E-state index in [-0.39, 0.29) is 23.9 Å². The van der Waals surface area contributed by atoms with Crippen molar-refractivity contribution in [3.63, 3.8) is 0 Å². The monoisotopic (exact) mass is 278 g/mol. The molecule has 2 N–H and O–H groups in total. The minimum Gasteiger partial charge on any atom is -0.383 e. The highest BCUT2D eigenvalue weighted by atomic mass is 32.2. The lowest BCUT2D eigenvalue weighted by atomic mass is 10.6. The van der Waals surface area contributed by atoms with Gasteiger partial charge in [0.05, 0.1) is 13.2 Å². The van der Waals surface area contributed by atoms with Crippen molar-refractivity contribution < 1.29 is 17.9 Å². The Morgan fingerprint density at radius 2 is 2.29 bits per heavy atom. The van der Waals surface area contributed by atoms with E-state index in [1.807, 2.05) is 0 Å². The first-order valence-corrected chi connectivity index (χ1v) is 7.11. The van der Waals surface area contributed by atoms with Crippen LogP contribution in [0, 0.1) is 0 Å². The van der Waals surface area contributed by atoms with E-state index in [0.717, 1.165) is 15.6 Å². The molecule has 6 nitrogen and oxygen atoms in total. The lowest BCUT2D eigenvalue weighted by Gasteiger charge is -2.19. The Hall–Kier alpha value is -0.960. The van der Waals surface area contributed by atoms with Crippen LogP contribution >= 0.6 is 11.3 Å². The molecule has 8 heteroatoms. The van der Waals surface area contributed by atoms with E-state index in [2.05, 4.69) is 0 Å². The fraction of sp³-hybridized carbons (Fsp3) is 0.444. The van der Waals surface area contributed by atoms with Gasteiger partial charge in [0.15, 0.2) is 0 Å². The van der Waals surface area contributed by atoms with Crippen LogP contribution in [0.4, 0.5) is 0 Å². The van der Waals surface area contributed by atoms with E-state index in [1.165, 1.54) is 13.2 Å². The van der Waals surface area contributed by atoms with Crippen LogP contribution < -0.4 is 5.73 Å². The maximum Gasteiger partial charge on any atom is 0.253 e. The summed E-state index contributed by atoms with van der Waals surface area (Å²) in [6.45, 7) is -0.0405. The summed E-state index contributed by atoms with van der Waals surface area (Å²) in [5.41, 5.74) is 5.03. The molecule has 1 aromatic heterocycles. The number of sulfonamides is 1. The zero-order chi connectivity index (χ0) is 12.9. The van der Waals surface area contributed by atoms with Crippen molar-refractivity contribution in [3.8, 4) is 0 Å². The van der Waals surface area contributed by atoms with Gasteiger partial charge in [-0.2, -0.15) is 4.31 Å². The van der Waals surface area contributed by atoms with Gasteiger partial charge in [-0.25, -0.2) is 8.42 Å². The van der Waals surface area contributed by atoms with E-state index < -0.39 is 15.9 Å². The highest BCUT2D eigenvalue weighted by Gasteiger charge is 2.26. The van der Waals surface area contributed by atoms with Gasteiger partial charge in [0.2, 0.25) is 5.91 Å². The van der Waals surface area contributed by atoms with Crippen LogP contribution in [-0.4, -0.2) is 45.4 Å². The molecule has 0 aliphatic heterocycles. The molecular weight excluding hydrogens is 264 g/mol. The minimum atomic E-state index is -3.65. The predicted octanol–water partition coefficient (Wildman–Crippen LogP) is -0.129. The Balaban J connectivity index is 2.92. The lowest BCUT2D eigenvalue weighted by Crippen LogP contribution is -2.40. The molecule has 1 amide bonds. The number of carbonyl (C=O) groups excluding carboxylic acids is 1. The molecule has 0 radical (unpaired) electrons. The molecule has 0 saturated carbocycles. The third-order valence-electron chi connectivity index (χ3n) is 1.97. The lowest BCUT2D eigenvalue weighted by molar-refractivity contribution is -0.118. The predicted molar refractivity (Wildman–Crippen MR) is 64.1 cm³/mol. The van der Waals surface area contributed by atoms with Gasteiger partial charge in [-0.1, -0.05) is 6.07 Å². The van der Waals surface area contributed by atoms with Crippen LogP contribution in [0.25, 0.3) is 0 Å². The van der Waals surface area contributed by atoms with E-state index >= 15 is 0 Å². The summed E-state index contributed by atoms with van der Waals surface area (Å²) >= 11 is 1.10. The largest absolute Gasteiger partial charge is 0.383 e. The van der Waals surface area contributed by atoms with Crippen LogP contribution in [0.3, 0.4) is 0 Å². The average molecular weight is 278 g/mol. The Bertz CT molecular complexity index is 455. The summed E-state index contributed by atoms with van der Waals surface area (Å²) in [7, 11) is -2.20. The van der Waals surface area contributed by atoms with Crippen molar-refractivity contribution in [2.24, 2.45) is 5.73 Å². The molecule has 96 valence electrons. The van der Waals surface area contributed by atoms with Gasteiger partial charge in [-0.15, -0.1) is 11.3 Å². The Kier molecular flexibility index (Phi) is 5.06. The minimum absolute atomic E-state index is 0.0969. The zero-order valence-electron chi connectivity index (χ0n) is 9.33. The first-order chi connectivity index (χ1) is 7.98. The summed E-state index contributed by atoms with van der Waals surface area (Å²) < 4.78 is 30.2. The van der Waals surface area contributed by atoms with Gasteiger partial charge in [0.1, 0.15) is 4.21 Å². The highest BCUT2D eigenvalue weighted by molar-refractivity contribution is 7.91. The van der Waals surface area contributed by atoms with Crippen molar-refractivity contribution >= 4 is 27.3 Å². The van der Waals surface area contributed by atoms with Crippen molar-refractivity contribution in [3.05, 3.63) is 17.5 Å². The van der Waals surface area contributed by atoms with E-state index in [1.54, 1.807) is 11.4 Å². The summed E-state index contributed by atoms with van der Waals surface area (Å²) in [6, 6.07) is 3.12. The molecule has 0 aliphatic rings. The number of thiophene rings is 1. The number of carbonyl (C=O) groups is 1. The number of rotatable bonds is 7. The Morgan fingerprint density at radius 3 is 2.76 bits per heavy atom. The van der Waals surface area contributed by atoms with Crippen molar-refractivity contribution in [1.29, 1.82) is 0 Å². The maximum atomic E-state index is 12.1. The van der Waals surface area contributed by atoms with Crippen LogP contribution in [0.2, 0.25) is 0 Å². The highest BCUT2D eigenvalue weighted by Crippen LogP contribution is 2.20. The molecule has 1 aromatic rings. The van der Waals surface area contributed by atoms with Crippen LogP contribution in [0.15, 0.2) is 21.7 Å². The molecule has 0 unspecified atom stereocenters. The Labute approximate surface area is 104 Å². The third kappa shape index (κ3) is 3.77. The maximum absolute atomic E-state index is 12.1. The molecule has 1 rings (SSSR count). The number of nitrogens with two attached hydrogens (primary N) is 1. The quantitative estimate of drug-likeness (QED) is 0.752. The molecule has 0 aromatic carbocycles. The third-order valence-corrected chi connectivity index (χ3v) is 5.18. The normalized spacial score (nSPS) is 11.9. The summed E-state index contributed by atoms with van der Waals surface area (Å²) in [4.78, 5) is 10.9. The first kappa shape index (κ1) is 14.1. The van der Waals surface area contributed by atoms with Crippen molar-refractivity contribution in [2.45, 2.75) is 4.21 Å². The van der Waals surface area contributed by atoms with Crippen molar-refractivity contribution in [2.75, 3.05) is 26.8 Å². The number of ether oxygens (including phenoxy) is 1. The van der Waals surface area contributed by atoms with E-state index in [4.69, 9.17) is 10.5 Å². The number of amides is 1. The van der Waals surface area contributed by atoms with Crippen LogP contribution in [-0.2, 0) is 19.6 Å². The molecule has 0 spiro atoms. The fourth-order valence-electron chi connectivity index (χ4n) is 1.19. The standard InChI is InChI=1S/C9H14N2O4S2/c1-15-5-4-11(7-8(10)12)17(13,14)9-3-2-6-16-9/h2-3,6H,4-5,7H2,1H3,(H2,10,12). The second kappa shape index (κ2) is 6.10. The molecule has 1 heterocycles. The number of hydrogen-bond acceptors (Lipinski definition) is 5. The van der Waals surface area contributed by atoms with Crippen LogP contribution in [0.5, 0.6) is 0 Å². The number of primary amides is 1. The van der Waals surface area contributed by atoms with Crippen LogP contribution in [0.1, 0.15) is 0 Å². The molecule has 17 heavy (non-hydrogen) atoms. The van der Waals surface area contributed by atoms with Gasteiger partial charge in [-0.3, -0.25) is 4.79 Å². The van der Waals surface area contributed by atoms with Gasteiger partial charge < -0.3 is 10.5 Å². The summed E-state index contributed by atoms with van der Waals surface area (Å²) in [5, 5.41) is 1.66. The number of nitrogens with zero attached hydrogens (tertiary/aromatic N) is 1. The Morgan fingerprint density at radius 1 is 1.59 bits per heavy atom. The molecule has 0 saturated heterocycles. The molecule has 0 atom stereocenters. The van der Waals surface area contributed by atoms with Gasteiger partial charge in [0, 0.05) is 13.7 Å². The summed E-state index contributed by atoms with van der Waals surface area (Å²) in [6.07, 6.45) is 0. The van der Waals surface area contributed by atoms with Gasteiger partial charge in [-0.05, 0) is 11.4 Å². The smallest absolute Gasteiger partial charge is 0.253 e. The zero-order valence-corrected chi connectivity index (χ0v) is 11.0. The van der Waals surface area contributed by atoms with Gasteiger partial charge >= 0.3 is 0 Å². The van der Waals surface area contributed by atoms with E-state index in [0.29, 0.717) is 0 Å². The fourth-order valence-corrected chi connectivity index (χ4v) is 3.72. The first-order valence-electron chi connectivity index (χ1n) is 4.79.